The van der Waals surface area contributed by atoms with Gasteiger partial charge in [-0.2, -0.15) is 5.10 Å². The number of carbonyl (C=O) groups excluding carboxylic acids is 2. The summed E-state index contributed by atoms with van der Waals surface area (Å²) >= 11 is 11.9. The molecule has 1 aliphatic heterocycles. The summed E-state index contributed by atoms with van der Waals surface area (Å²) in [5, 5.41) is 10.7. The quantitative estimate of drug-likeness (QED) is 0.557. The molecule has 3 aromatic rings. The van der Waals surface area contributed by atoms with Gasteiger partial charge in [0.15, 0.2) is 0 Å². The number of amides is 2. The highest BCUT2D eigenvalue weighted by atomic mass is 35.5. The number of nitrogens with one attached hydrogen (secondary N) is 2. The zero-order valence-electron chi connectivity index (χ0n) is 16.3. The minimum absolute atomic E-state index is 0.143. The fourth-order valence-electron chi connectivity index (χ4n) is 3.44. The molecule has 0 saturated heterocycles. The second-order valence-corrected chi connectivity index (χ2v) is 7.76. The van der Waals surface area contributed by atoms with E-state index in [2.05, 4.69) is 15.7 Å². The Kier molecular flexibility index (Phi) is 5.95. The first-order valence-electron chi connectivity index (χ1n) is 9.29. The van der Waals surface area contributed by atoms with E-state index in [4.69, 9.17) is 27.9 Å². The first-order valence-corrected chi connectivity index (χ1v) is 10.0. The van der Waals surface area contributed by atoms with E-state index in [0.29, 0.717) is 38.4 Å². The predicted molar refractivity (Wildman–Crippen MR) is 116 cm³/mol. The van der Waals surface area contributed by atoms with Crippen molar-refractivity contribution >= 4 is 46.5 Å². The number of halogens is 3. The van der Waals surface area contributed by atoms with Crippen LogP contribution in [0, 0.1) is 5.82 Å². The first-order chi connectivity index (χ1) is 14.9. The number of carbonyl (C=O) groups is 2. The second-order valence-electron chi connectivity index (χ2n) is 6.94. The fraction of sp³-hybridized carbons (Fsp3) is 0.190. The smallest absolute Gasteiger partial charge is 0.251 e. The molecule has 31 heavy (non-hydrogen) atoms. The zero-order chi connectivity index (χ0) is 22.1. The highest BCUT2D eigenvalue weighted by Crippen LogP contribution is 2.39. The van der Waals surface area contributed by atoms with E-state index >= 15 is 0 Å². The number of hydrogen-bond acceptors (Lipinski definition) is 4. The van der Waals surface area contributed by atoms with Gasteiger partial charge in [0, 0.05) is 18.4 Å². The largest absolute Gasteiger partial charge is 0.378 e. The van der Waals surface area contributed by atoms with Crippen molar-refractivity contribution in [3.05, 3.63) is 64.0 Å². The van der Waals surface area contributed by atoms with Crippen LogP contribution in [-0.2, 0) is 20.9 Å². The molecule has 0 radical (unpaired) electrons. The van der Waals surface area contributed by atoms with Crippen LogP contribution in [0.15, 0.2) is 42.5 Å². The van der Waals surface area contributed by atoms with Crippen LogP contribution >= 0.6 is 23.2 Å². The van der Waals surface area contributed by atoms with E-state index in [-0.39, 0.29) is 24.8 Å². The summed E-state index contributed by atoms with van der Waals surface area (Å²) in [6, 6.07) is 9.72. The van der Waals surface area contributed by atoms with Crippen molar-refractivity contribution in [2.45, 2.75) is 19.1 Å². The van der Waals surface area contributed by atoms with E-state index in [1.807, 2.05) is 0 Å². The summed E-state index contributed by atoms with van der Waals surface area (Å²) in [5.41, 5.74) is 2.34. The molecule has 2 amide bonds. The van der Waals surface area contributed by atoms with Gasteiger partial charge in [-0.1, -0.05) is 35.3 Å². The summed E-state index contributed by atoms with van der Waals surface area (Å²) < 4.78 is 20.1. The Hall–Kier alpha value is -2.94. The normalized spacial score (nSPS) is 15.0. The van der Waals surface area contributed by atoms with Gasteiger partial charge in [0.1, 0.15) is 17.7 Å². The van der Waals surface area contributed by atoms with Crippen LogP contribution in [-0.4, -0.2) is 28.7 Å². The molecule has 1 aromatic heterocycles. The van der Waals surface area contributed by atoms with Crippen LogP contribution in [0.3, 0.4) is 0 Å². The molecule has 160 valence electrons. The molecule has 0 aliphatic carbocycles. The summed E-state index contributed by atoms with van der Waals surface area (Å²) in [6.45, 7) is 0.185. The maximum Gasteiger partial charge on any atom is 0.251 e. The maximum absolute atomic E-state index is 13.4. The van der Waals surface area contributed by atoms with Crippen molar-refractivity contribution < 1.29 is 18.7 Å². The van der Waals surface area contributed by atoms with E-state index in [1.165, 1.54) is 30.0 Å². The van der Waals surface area contributed by atoms with Gasteiger partial charge >= 0.3 is 0 Å². The van der Waals surface area contributed by atoms with E-state index in [1.54, 1.807) is 24.3 Å². The Morgan fingerprint density at radius 2 is 1.97 bits per heavy atom. The number of ether oxygens (including phenoxy) is 1. The van der Waals surface area contributed by atoms with E-state index in [9.17, 15) is 14.0 Å². The standard InChI is InChI=1S/C21H17Cl2FN4O3/c1-31-10-16-19(11-2-4-12(24)5-3-11)20-26-21(30)17(28(20)27-16)9-18(29)25-13-6-7-14(22)15(23)8-13/h2-8,17H,9-10H2,1H3,(H,25,29)(H,26,30). The number of nitrogens with zero attached hydrogens (tertiary/aromatic N) is 2. The lowest BCUT2D eigenvalue weighted by Gasteiger charge is -2.10. The summed E-state index contributed by atoms with van der Waals surface area (Å²) in [5.74, 6) is -0.685. The lowest BCUT2D eigenvalue weighted by Crippen LogP contribution is -2.24. The van der Waals surface area contributed by atoms with E-state index in [0.717, 1.165) is 0 Å². The summed E-state index contributed by atoms with van der Waals surface area (Å²) in [6.07, 6.45) is -0.143. The van der Waals surface area contributed by atoms with Crippen molar-refractivity contribution in [2.24, 2.45) is 0 Å². The lowest BCUT2D eigenvalue weighted by atomic mass is 10.1. The second kappa shape index (κ2) is 8.66. The topological polar surface area (TPSA) is 85.2 Å². The van der Waals surface area contributed by atoms with Crippen LogP contribution in [0.2, 0.25) is 10.0 Å². The van der Waals surface area contributed by atoms with Crippen LogP contribution in [0.4, 0.5) is 15.9 Å². The number of benzene rings is 2. The summed E-state index contributed by atoms with van der Waals surface area (Å²) in [4.78, 5) is 25.2. The Morgan fingerprint density at radius 1 is 1.23 bits per heavy atom. The van der Waals surface area contributed by atoms with Crippen molar-refractivity contribution in [3.8, 4) is 11.1 Å². The molecule has 4 rings (SSSR count). The third kappa shape index (κ3) is 4.27. The molecule has 0 saturated carbocycles. The average molecular weight is 463 g/mol. The Labute approximate surface area is 187 Å². The highest BCUT2D eigenvalue weighted by Gasteiger charge is 2.37. The Balaban J connectivity index is 1.61. The van der Waals surface area contributed by atoms with Gasteiger partial charge in [-0.25, -0.2) is 9.07 Å². The zero-order valence-corrected chi connectivity index (χ0v) is 17.8. The molecule has 0 fully saturated rings. The number of methoxy groups -OCH3 is 1. The number of aromatic nitrogens is 2. The minimum atomic E-state index is -0.845. The van der Waals surface area contributed by atoms with Crippen molar-refractivity contribution in [3.63, 3.8) is 0 Å². The molecule has 2 aromatic carbocycles. The minimum Gasteiger partial charge on any atom is -0.378 e. The highest BCUT2D eigenvalue weighted by molar-refractivity contribution is 6.42. The van der Waals surface area contributed by atoms with Gasteiger partial charge in [-0.3, -0.25) is 9.59 Å². The molecular formula is C21H17Cl2FN4O3. The third-order valence-electron chi connectivity index (χ3n) is 4.82. The van der Waals surface area contributed by atoms with Gasteiger partial charge in [0.05, 0.1) is 28.8 Å². The molecular weight excluding hydrogens is 446 g/mol. The molecule has 1 aliphatic rings. The fourth-order valence-corrected chi connectivity index (χ4v) is 3.73. The molecule has 0 spiro atoms. The predicted octanol–water partition coefficient (Wildman–Crippen LogP) is 4.66. The van der Waals surface area contributed by atoms with Crippen molar-refractivity contribution in [2.75, 3.05) is 17.7 Å². The molecule has 7 nitrogen and oxygen atoms in total. The molecule has 10 heteroatoms. The van der Waals surface area contributed by atoms with Gasteiger partial charge < -0.3 is 15.4 Å². The molecule has 2 heterocycles. The number of fused-ring (bicyclic) bond motifs is 1. The lowest BCUT2D eigenvalue weighted by molar-refractivity contribution is -0.123. The van der Waals surface area contributed by atoms with Crippen molar-refractivity contribution in [1.82, 2.24) is 9.78 Å². The van der Waals surface area contributed by atoms with Crippen LogP contribution < -0.4 is 10.6 Å². The third-order valence-corrected chi connectivity index (χ3v) is 5.56. The first kappa shape index (κ1) is 21.3. The molecule has 1 atom stereocenters. The maximum atomic E-state index is 13.4. The van der Waals surface area contributed by atoms with Gasteiger partial charge in [0.2, 0.25) is 5.91 Å². The molecule has 0 bridgehead atoms. The van der Waals surface area contributed by atoms with Crippen LogP contribution in [0.25, 0.3) is 11.1 Å². The van der Waals surface area contributed by atoms with Crippen LogP contribution in [0.1, 0.15) is 18.2 Å². The summed E-state index contributed by atoms with van der Waals surface area (Å²) in [7, 11) is 1.53. The van der Waals surface area contributed by atoms with Crippen molar-refractivity contribution in [1.29, 1.82) is 0 Å². The SMILES string of the molecule is COCc1nn2c(c1-c1ccc(F)cc1)NC(=O)C2CC(=O)Nc1ccc(Cl)c(Cl)c1. The number of hydrogen-bond donors (Lipinski definition) is 2. The molecule has 2 N–H and O–H groups in total. The average Bonchev–Trinajstić information content (AvgIpc) is 3.21. The van der Waals surface area contributed by atoms with Gasteiger partial charge in [0.25, 0.3) is 5.91 Å². The number of anilines is 2. The Morgan fingerprint density at radius 3 is 2.65 bits per heavy atom. The van der Waals surface area contributed by atoms with E-state index < -0.39 is 11.9 Å². The Bertz CT molecular complexity index is 1160. The van der Waals surface area contributed by atoms with Gasteiger partial charge in [-0.15, -0.1) is 0 Å². The molecule has 1 unspecified atom stereocenters. The van der Waals surface area contributed by atoms with Gasteiger partial charge in [-0.05, 0) is 35.9 Å². The number of rotatable bonds is 6. The monoisotopic (exact) mass is 462 g/mol. The van der Waals surface area contributed by atoms with Crippen LogP contribution in [0.5, 0.6) is 0 Å².